The van der Waals surface area contributed by atoms with Crippen LogP contribution in [0.3, 0.4) is 0 Å². The molecule has 0 spiro atoms. The van der Waals surface area contributed by atoms with E-state index in [1.807, 2.05) is 4.68 Å². The van der Waals surface area contributed by atoms with Crippen LogP contribution in [-0.2, 0) is 19.6 Å². The van der Waals surface area contributed by atoms with Crippen LogP contribution in [0, 0.1) is 0 Å². The number of hydrogen-bond acceptors (Lipinski definition) is 3. The third-order valence-corrected chi connectivity index (χ3v) is 2.32. The summed E-state index contributed by atoms with van der Waals surface area (Å²) in [6.45, 7) is 4.80. The van der Waals surface area contributed by atoms with Gasteiger partial charge in [-0.25, -0.2) is 4.68 Å². The number of fused-ring (bicyclic) bond motifs is 1. The molecule has 12 heavy (non-hydrogen) atoms. The average molecular weight is 166 g/mol. The van der Waals surface area contributed by atoms with E-state index in [9.17, 15) is 0 Å². The van der Waals surface area contributed by atoms with E-state index in [0.717, 1.165) is 31.1 Å². The lowest BCUT2D eigenvalue weighted by Crippen LogP contribution is -2.12. The predicted molar refractivity (Wildman–Crippen MR) is 47.5 cm³/mol. The maximum absolute atomic E-state index is 5.90. The Bertz CT molecular complexity index is 302. The van der Waals surface area contributed by atoms with Crippen LogP contribution in [0.25, 0.3) is 0 Å². The first-order chi connectivity index (χ1) is 5.72. The summed E-state index contributed by atoms with van der Waals surface area (Å²) in [5, 5.41) is 4.41. The van der Waals surface area contributed by atoms with Gasteiger partial charge in [0, 0.05) is 25.2 Å². The number of nitrogen functional groups attached to an aromatic ring is 1. The number of rotatable bonds is 1. The molecule has 1 aromatic rings. The fraction of sp³-hybridized carbons (Fsp3) is 0.625. The van der Waals surface area contributed by atoms with Crippen molar-refractivity contribution in [3.63, 3.8) is 0 Å². The zero-order valence-electron chi connectivity index (χ0n) is 7.54. The summed E-state index contributed by atoms with van der Waals surface area (Å²) in [4.78, 5) is 2.22. The summed E-state index contributed by atoms with van der Waals surface area (Å²) in [5.74, 6) is 0.844. The van der Waals surface area contributed by atoms with E-state index >= 15 is 0 Å². The quantitative estimate of drug-likeness (QED) is 0.658. The Labute approximate surface area is 72.0 Å². The molecule has 1 aromatic heterocycles. The number of anilines is 1. The predicted octanol–water partition coefficient (Wildman–Crippen LogP) is 0.431. The van der Waals surface area contributed by atoms with Gasteiger partial charge in [0.2, 0.25) is 0 Å². The van der Waals surface area contributed by atoms with Gasteiger partial charge in [-0.05, 0) is 14.0 Å². The molecule has 0 unspecified atom stereocenters. The number of nitrogens with zero attached hydrogens (tertiary/aromatic N) is 3. The van der Waals surface area contributed by atoms with Gasteiger partial charge in [0.25, 0.3) is 0 Å². The minimum absolute atomic E-state index is 0.844. The molecule has 1 aliphatic rings. The molecule has 0 bridgehead atoms. The molecule has 0 atom stereocenters. The first-order valence-electron chi connectivity index (χ1n) is 4.25. The van der Waals surface area contributed by atoms with Gasteiger partial charge < -0.3 is 5.73 Å². The van der Waals surface area contributed by atoms with E-state index in [1.54, 1.807) is 0 Å². The summed E-state index contributed by atoms with van der Waals surface area (Å²) in [5.41, 5.74) is 8.27. The summed E-state index contributed by atoms with van der Waals surface area (Å²) < 4.78 is 1.87. The first kappa shape index (κ1) is 7.61. The van der Waals surface area contributed by atoms with Gasteiger partial charge in [0.15, 0.2) is 0 Å². The van der Waals surface area contributed by atoms with Crippen molar-refractivity contribution < 1.29 is 0 Å². The highest BCUT2D eigenvalue weighted by Gasteiger charge is 2.22. The van der Waals surface area contributed by atoms with Crippen LogP contribution in [0.1, 0.15) is 18.2 Å². The smallest absolute Gasteiger partial charge is 0.126 e. The second kappa shape index (κ2) is 2.48. The largest absolute Gasteiger partial charge is 0.384 e. The topological polar surface area (TPSA) is 47.1 Å². The summed E-state index contributed by atoms with van der Waals surface area (Å²) in [7, 11) is 2.08. The van der Waals surface area contributed by atoms with Gasteiger partial charge in [-0.15, -0.1) is 0 Å². The van der Waals surface area contributed by atoms with Gasteiger partial charge in [0.1, 0.15) is 5.82 Å². The average Bonchev–Trinajstić information content (AvgIpc) is 2.51. The van der Waals surface area contributed by atoms with Crippen LogP contribution >= 0.6 is 0 Å². The Morgan fingerprint density at radius 1 is 1.50 bits per heavy atom. The second-order valence-corrected chi connectivity index (χ2v) is 3.30. The molecule has 0 aromatic carbocycles. The Morgan fingerprint density at radius 2 is 2.25 bits per heavy atom. The summed E-state index contributed by atoms with van der Waals surface area (Å²) >= 11 is 0. The number of hydrogen-bond donors (Lipinski definition) is 1. The van der Waals surface area contributed by atoms with Crippen molar-refractivity contribution >= 4 is 5.82 Å². The molecule has 2 rings (SSSR count). The van der Waals surface area contributed by atoms with Crippen molar-refractivity contribution in [1.82, 2.24) is 14.7 Å². The lowest BCUT2D eigenvalue weighted by atomic mass is 10.3. The molecule has 0 fully saturated rings. The van der Waals surface area contributed by atoms with Gasteiger partial charge in [-0.1, -0.05) is 0 Å². The van der Waals surface area contributed by atoms with Crippen LogP contribution < -0.4 is 5.73 Å². The molecule has 0 saturated heterocycles. The van der Waals surface area contributed by atoms with E-state index in [-0.39, 0.29) is 0 Å². The van der Waals surface area contributed by atoms with Crippen LogP contribution in [0.5, 0.6) is 0 Å². The molecule has 4 nitrogen and oxygen atoms in total. The maximum atomic E-state index is 5.90. The normalized spacial score (nSPS) is 16.8. The first-order valence-corrected chi connectivity index (χ1v) is 4.25. The van der Waals surface area contributed by atoms with E-state index in [2.05, 4.69) is 24.0 Å². The van der Waals surface area contributed by atoms with Crippen molar-refractivity contribution in [3.05, 3.63) is 11.3 Å². The SMILES string of the molecule is CCn1nc2c(c1N)CN(C)C2. The number of aromatic nitrogens is 2. The van der Waals surface area contributed by atoms with Crippen LogP contribution in [0.2, 0.25) is 0 Å². The molecule has 66 valence electrons. The molecule has 2 heterocycles. The number of aryl methyl sites for hydroxylation is 1. The lowest BCUT2D eigenvalue weighted by Gasteiger charge is -2.07. The minimum atomic E-state index is 0.844. The fourth-order valence-electron chi connectivity index (χ4n) is 1.69. The van der Waals surface area contributed by atoms with Crippen LogP contribution in [-0.4, -0.2) is 21.7 Å². The number of nitrogens with two attached hydrogens (primary N) is 1. The van der Waals surface area contributed by atoms with Gasteiger partial charge in [-0.2, -0.15) is 5.10 Å². The molecular weight excluding hydrogens is 152 g/mol. The molecule has 0 saturated carbocycles. The molecular formula is C8H14N4. The lowest BCUT2D eigenvalue weighted by molar-refractivity contribution is 0.346. The summed E-state index contributed by atoms with van der Waals surface area (Å²) in [6, 6.07) is 0. The van der Waals surface area contributed by atoms with Crippen molar-refractivity contribution in [3.8, 4) is 0 Å². The zero-order chi connectivity index (χ0) is 8.72. The molecule has 0 radical (unpaired) electrons. The Morgan fingerprint density at radius 3 is 2.83 bits per heavy atom. The molecule has 2 N–H and O–H groups in total. The van der Waals surface area contributed by atoms with E-state index < -0.39 is 0 Å². The van der Waals surface area contributed by atoms with Crippen molar-refractivity contribution in [1.29, 1.82) is 0 Å². The molecule has 0 amide bonds. The van der Waals surface area contributed by atoms with Gasteiger partial charge in [-0.3, -0.25) is 4.90 Å². The highest BCUT2D eigenvalue weighted by Crippen LogP contribution is 2.25. The fourth-order valence-corrected chi connectivity index (χ4v) is 1.69. The third-order valence-electron chi connectivity index (χ3n) is 2.32. The van der Waals surface area contributed by atoms with E-state index in [1.165, 1.54) is 5.56 Å². The highest BCUT2D eigenvalue weighted by molar-refractivity contribution is 5.45. The minimum Gasteiger partial charge on any atom is -0.384 e. The van der Waals surface area contributed by atoms with Crippen molar-refractivity contribution in [2.75, 3.05) is 12.8 Å². The van der Waals surface area contributed by atoms with Crippen molar-refractivity contribution in [2.24, 2.45) is 0 Å². The molecule has 4 heteroatoms. The zero-order valence-corrected chi connectivity index (χ0v) is 7.54. The maximum Gasteiger partial charge on any atom is 0.126 e. The Kier molecular flexibility index (Phi) is 1.58. The monoisotopic (exact) mass is 166 g/mol. The third kappa shape index (κ3) is 0.914. The van der Waals surface area contributed by atoms with Crippen LogP contribution in [0.4, 0.5) is 5.82 Å². The second-order valence-electron chi connectivity index (χ2n) is 3.30. The Balaban J connectivity index is 2.41. The Hall–Kier alpha value is -1.03. The molecule has 0 aliphatic carbocycles. The van der Waals surface area contributed by atoms with E-state index in [0.29, 0.717) is 0 Å². The highest BCUT2D eigenvalue weighted by atomic mass is 15.3. The van der Waals surface area contributed by atoms with Crippen molar-refractivity contribution in [2.45, 2.75) is 26.6 Å². The standard InChI is InChI=1S/C8H14N4/c1-3-12-8(9)6-4-11(2)5-7(6)10-12/h3-5,9H2,1-2H3. The molecule has 1 aliphatic heterocycles. The van der Waals surface area contributed by atoms with Crippen LogP contribution in [0.15, 0.2) is 0 Å². The van der Waals surface area contributed by atoms with Gasteiger partial charge >= 0.3 is 0 Å². The summed E-state index contributed by atoms with van der Waals surface area (Å²) in [6.07, 6.45) is 0. The van der Waals surface area contributed by atoms with E-state index in [4.69, 9.17) is 5.73 Å². The van der Waals surface area contributed by atoms with Gasteiger partial charge in [0.05, 0.1) is 5.69 Å².